The maximum absolute atomic E-state index is 10.9. The van der Waals surface area contributed by atoms with Gasteiger partial charge in [0.05, 0.1) is 11.8 Å². The number of carbonyl (C=O) groups is 1. The van der Waals surface area contributed by atoms with Crippen molar-refractivity contribution in [1.82, 2.24) is 9.88 Å². The second-order valence-electron chi connectivity index (χ2n) is 8.85. The topological polar surface area (TPSA) is 97.9 Å². The van der Waals surface area contributed by atoms with Gasteiger partial charge in [-0.15, -0.1) is 0 Å². The fraction of sp³-hybridized carbons (Fsp3) is 0.500. The molecule has 3 N–H and O–H groups in total. The molecule has 1 amide bonds. The van der Waals surface area contributed by atoms with Crippen molar-refractivity contribution >= 4 is 5.91 Å². The Bertz CT molecular complexity index is 935. The number of primary amides is 1. The number of fused-ring (bicyclic) bond motifs is 1. The summed E-state index contributed by atoms with van der Waals surface area (Å²) in [5, 5.41) is 10.7. The second-order valence-corrected chi connectivity index (χ2v) is 8.85. The summed E-state index contributed by atoms with van der Waals surface area (Å²) in [6.07, 6.45) is 0.936. The highest BCUT2D eigenvalue weighted by Crippen LogP contribution is 2.38. The van der Waals surface area contributed by atoms with Gasteiger partial charge in [-0.1, -0.05) is 12.1 Å². The van der Waals surface area contributed by atoms with Crippen LogP contribution in [0.5, 0.6) is 11.5 Å². The first-order chi connectivity index (χ1) is 14.9. The Morgan fingerprint density at radius 2 is 1.97 bits per heavy atom. The molecule has 0 radical (unpaired) electrons. The van der Waals surface area contributed by atoms with Gasteiger partial charge >= 0.3 is 0 Å². The Morgan fingerprint density at radius 3 is 2.71 bits per heavy atom. The van der Waals surface area contributed by atoms with Gasteiger partial charge < -0.3 is 20.3 Å². The summed E-state index contributed by atoms with van der Waals surface area (Å²) in [6, 6.07) is 11.7. The van der Waals surface area contributed by atoms with Crippen molar-refractivity contribution in [2.24, 2.45) is 17.6 Å². The van der Waals surface area contributed by atoms with E-state index < -0.39 is 12.0 Å². The van der Waals surface area contributed by atoms with Gasteiger partial charge in [0.25, 0.3) is 5.91 Å². The molecule has 2 aromatic rings. The number of nitrogens with two attached hydrogens (primary N) is 1. The lowest BCUT2D eigenvalue weighted by atomic mass is 9.78. The molecule has 2 aliphatic rings. The number of hydrogen-bond acceptors (Lipinski definition) is 6. The van der Waals surface area contributed by atoms with Crippen molar-refractivity contribution in [2.75, 3.05) is 19.7 Å². The summed E-state index contributed by atoms with van der Waals surface area (Å²) in [6.45, 7) is 6.54. The zero-order valence-corrected chi connectivity index (χ0v) is 18.2. The first-order valence-electron chi connectivity index (χ1n) is 10.9. The highest BCUT2D eigenvalue weighted by atomic mass is 16.5. The molecule has 1 saturated carbocycles. The second kappa shape index (κ2) is 9.24. The number of aromatic nitrogens is 1. The third-order valence-corrected chi connectivity index (χ3v) is 6.30. The molecule has 166 valence electrons. The van der Waals surface area contributed by atoms with Gasteiger partial charge in [0.15, 0.2) is 6.61 Å². The minimum atomic E-state index is -0.485. The van der Waals surface area contributed by atoms with Crippen LogP contribution in [0, 0.1) is 25.7 Å². The quantitative estimate of drug-likeness (QED) is 0.706. The maximum Gasteiger partial charge on any atom is 0.255 e. The Balaban J connectivity index is 1.35. The number of pyridine rings is 1. The predicted octanol–water partition coefficient (Wildman–Crippen LogP) is 2.21. The third kappa shape index (κ3) is 5.35. The van der Waals surface area contributed by atoms with Crippen LogP contribution in [0.3, 0.4) is 0 Å². The van der Waals surface area contributed by atoms with E-state index in [1.54, 1.807) is 0 Å². The predicted molar refractivity (Wildman–Crippen MR) is 117 cm³/mol. The molecule has 1 aliphatic carbocycles. The van der Waals surface area contributed by atoms with Gasteiger partial charge in [-0.25, -0.2) is 0 Å². The molecule has 7 heteroatoms. The van der Waals surface area contributed by atoms with Gasteiger partial charge in [-0.3, -0.25) is 14.7 Å². The fourth-order valence-corrected chi connectivity index (χ4v) is 4.85. The number of aliphatic hydroxyl groups is 1. The van der Waals surface area contributed by atoms with E-state index in [0.29, 0.717) is 17.6 Å². The van der Waals surface area contributed by atoms with Crippen LogP contribution in [0.1, 0.15) is 29.8 Å². The minimum Gasteiger partial charge on any atom is -0.486 e. The van der Waals surface area contributed by atoms with Crippen molar-refractivity contribution in [1.29, 1.82) is 0 Å². The Morgan fingerprint density at radius 1 is 1.19 bits per heavy atom. The SMILES string of the molecule is Cc1ccc(O[C@@H]2C[C@@H]3CN(Cc4cccc(OCC(N)=O)c4)C[C@@H]3C[C@H]2O)c(C)n1. The zero-order chi connectivity index (χ0) is 22.0. The molecule has 2 fully saturated rings. The Labute approximate surface area is 183 Å². The first kappa shape index (κ1) is 21.6. The molecule has 7 nitrogen and oxygen atoms in total. The number of rotatable bonds is 7. The number of aryl methyl sites for hydroxylation is 2. The van der Waals surface area contributed by atoms with E-state index in [1.807, 2.05) is 44.2 Å². The highest BCUT2D eigenvalue weighted by Gasteiger charge is 2.42. The number of nitrogens with zero attached hydrogens (tertiary/aromatic N) is 2. The summed E-state index contributed by atoms with van der Waals surface area (Å²) >= 11 is 0. The third-order valence-electron chi connectivity index (χ3n) is 6.30. The summed E-state index contributed by atoms with van der Waals surface area (Å²) < 4.78 is 11.6. The van der Waals surface area contributed by atoms with E-state index in [9.17, 15) is 9.90 Å². The molecule has 0 spiro atoms. The molecule has 0 unspecified atom stereocenters. The van der Waals surface area contributed by atoms with Crippen LogP contribution in [0.15, 0.2) is 36.4 Å². The molecule has 1 aliphatic heterocycles. The summed E-state index contributed by atoms with van der Waals surface area (Å²) in [5.41, 5.74) is 8.12. The molecule has 4 atom stereocenters. The molecule has 1 saturated heterocycles. The molecule has 0 bridgehead atoms. The molecular weight excluding hydrogens is 394 g/mol. The average Bonchev–Trinajstić information content (AvgIpc) is 3.09. The minimum absolute atomic E-state index is 0.118. The summed E-state index contributed by atoms with van der Waals surface area (Å²) in [4.78, 5) is 17.8. The van der Waals surface area contributed by atoms with E-state index in [4.69, 9.17) is 15.2 Å². The van der Waals surface area contributed by atoms with Gasteiger partial charge in [0.1, 0.15) is 17.6 Å². The van der Waals surface area contributed by atoms with Crippen molar-refractivity contribution < 1.29 is 19.4 Å². The molecule has 1 aromatic heterocycles. The average molecular weight is 426 g/mol. The standard InChI is InChI=1S/C24H31N3O4/c1-15-6-7-22(16(2)26-15)31-23-10-19-13-27(12-18(19)9-21(23)28)11-17-4-3-5-20(8-17)30-14-24(25)29/h3-8,18-19,21,23,28H,9-14H2,1-2H3,(H2,25,29)/t18-,19+,21+,23+/m0/s1. The van der Waals surface area contributed by atoms with E-state index in [-0.39, 0.29) is 12.7 Å². The summed E-state index contributed by atoms with van der Waals surface area (Å²) in [7, 11) is 0. The number of ether oxygens (including phenoxy) is 2. The smallest absolute Gasteiger partial charge is 0.255 e. The van der Waals surface area contributed by atoms with Crippen LogP contribution in [-0.4, -0.2) is 52.8 Å². The van der Waals surface area contributed by atoms with E-state index in [0.717, 1.165) is 55.2 Å². The number of aliphatic hydroxyl groups excluding tert-OH is 1. The van der Waals surface area contributed by atoms with Crippen LogP contribution in [0.2, 0.25) is 0 Å². The Hall–Kier alpha value is -2.64. The molecule has 4 rings (SSSR count). The lowest BCUT2D eigenvalue weighted by Gasteiger charge is -2.35. The molecular formula is C24H31N3O4. The molecule has 1 aromatic carbocycles. The van der Waals surface area contributed by atoms with E-state index in [1.165, 1.54) is 0 Å². The number of hydrogen-bond donors (Lipinski definition) is 2. The van der Waals surface area contributed by atoms with Crippen molar-refractivity contribution in [3.8, 4) is 11.5 Å². The first-order valence-corrected chi connectivity index (χ1v) is 10.9. The van der Waals surface area contributed by atoms with Gasteiger partial charge in [0, 0.05) is 25.3 Å². The lowest BCUT2D eigenvalue weighted by molar-refractivity contribution is -0.119. The van der Waals surface area contributed by atoms with Crippen LogP contribution >= 0.6 is 0 Å². The lowest BCUT2D eigenvalue weighted by Crippen LogP contribution is -2.42. The maximum atomic E-state index is 10.9. The van der Waals surface area contributed by atoms with E-state index >= 15 is 0 Å². The van der Waals surface area contributed by atoms with Gasteiger partial charge in [0.2, 0.25) is 0 Å². The number of amides is 1. The van der Waals surface area contributed by atoms with Crippen molar-refractivity contribution in [2.45, 2.75) is 45.4 Å². The van der Waals surface area contributed by atoms with Crippen molar-refractivity contribution in [3.05, 3.63) is 53.3 Å². The van der Waals surface area contributed by atoms with Crippen LogP contribution in [-0.2, 0) is 11.3 Å². The summed E-state index contributed by atoms with van der Waals surface area (Å²) in [5.74, 6) is 1.90. The monoisotopic (exact) mass is 425 g/mol. The fourth-order valence-electron chi connectivity index (χ4n) is 4.85. The van der Waals surface area contributed by atoms with Gasteiger partial charge in [-0.2, -0.15) is 0 Å². The largest absolute Gasteiger partial charge is 0.486 e. The van der Waals surface area contributed by atoms with E-state index in [2.05, 4.69) is 16.0 Å². The number of likely N-dealkylation sites (tertiary alicyclic amines) is 1. The Kier molecular flexibility index (Phi) is 6.43. The van der Waals surface area contributed by atoms with Crippen LogP contribution in [0.25, 0.3) is 0 Å². The van der Waals surface area contributed by atoms with Crippen LogP contribution < -0.4 is 15.2 Å². The normalized spacial score (nSPS) is 25.8. The molecule has 2 heterocycles. The number of carbonyl (C=O) groups excluding carboxylic acids is 1. The van der Waals surface area contributed by atoms with Gasteiger partial charge in [-0.05, 0) is 68.4 Å². The van der Waals surface area contributed by atoms with Crippen molar-refractivity contribution in [3.63, 3.8) is 0 Å². The molecule has 31 heavy (non-hydrogen) atoms. The number of benzene rings is 1. The highest BCUT2D eigenvalue weighted by molar-refractivity contribution is 5.75. The zero-order valence-electron chi connectivity index (χ0n) is 18.2. The van der Waals surface area contributed by atoms with Crippen LogP contribution in [0.4, 0.5) is 0 Å².